The third-order valence-corrected chi connectivity index (χ3v) is 3.86. The molecule has 2 aromatic rings. The van der Waals surface area contributed by atoms with E-state index in [1.165, 1.54) is 17.2 Å². The Hall–Kier alpha value is -2.67. The summed E-state index contributed by atoms with van der Waals surface area (Å²) in [5.74, 6) is 0.413. The molecule has 8 heteroatoms. The molecule has 1 aromatic heterocycles. The van der Waals surface area contributed by atoms with Crippen molar-refractivity contribution >= 4 is 23.5 Å². The van der Waals surface area contributed by atoms with Crippen LogP contribution in [0.1, 0.15) is 16.1 Å². The Morgan fingerprint density at radius 3 is 2.72 bits per heavy atom. The normalized spacial score (nSPS) is 12.6. The van der Waals surface area contributed by atoms with Gasteiger partial charge in [-0.3, -0.25) is 4.79 Å². The van der Waals surface area contributed by atoms with E-state index in [0.717, 1.165) is 5.56 Å². The van der Waals surface area contributed by atoms with Gasteiger partial charge in [0.25, 0.3) is 5.91 Å². The van der Waals surface area contributed by atoms with Gasteiger partial charge in [-0.1, -0.05) is 17.7 Å². The minimum atomic E-state index is -0.632. The second-order valence-corrected chi connectivity index (χ2v) is 5.97. The van der Waals surface area contributed by atoms with Crippen molar-refractivity contribution in [2.24, 2.45) is 0 Å². The fourth-order valence-electron chi connectivity index (χ4n) is 2.35. The van der Waals surface area contributed by atoms with Crippen LogP contribution in [0.25, 0.3) is 0 Å². The molecule has 1 aliphatic heterocycles. The third kappa shape index (κ3) is 4.24. The Balaban J connectivity index is 1.53. The highest BCUT2D eigenvalue weighted by Crippen LogP contribution is 2.31. The highest BCUT2D eigenvalue weighted by atomic mass is 35.5. The number of ether oxygens (including phenoxy) is 3. The fourth-order valence-corrected chi connectivity index (χ4v) is 2.51. The largest absolute Gasteiger partial charge is 0.486 e. The summed E-state index contributed by atoms with van der Waals surface area (Å²) in [6, 6.07) is 6.96. The molecule has 7 nitrogen and oxygen atoms in total. The lowest BCUT2D eigenvalue weighted by molar-refractivity contribution is -0.133. The number of carbonyl (C=O) groups is 2. The van der Waals surface area contributed by atoms with E-state index in [1.807, 2.05) is 18.2 Å². The molecule has 1 aliphatic rings. The number of aromatic nitrogens is 1. The van der Waals surface area contributed by atoms with Crippen LogP contribution in [0.15, 0.2) is 30.5 Å². The van der Waals surface area contributed by atoms with Crippen molar-refractivity contribution in [1.82, 2.24) is 9.88 Å². The summed E-state index contributed by atoms with van der Waals surface area (Å²) in [5.41, 5.74) is 1.09. The molecule has 0 radical (unpaired) electrons. The van der Waals surface area contributed by atoms with E-state index in [2.05, 4.69) is 4.98 Å². The summed E-state index contributed by atoms with van der Waals surface area (Å²) in [6.07, 6.45) is 1.47. The van der Waals surface area contributed by atoms with E-state index >= 15 is 0 Å². The van der Waals surface area contributed by atoms with Gasteiger partial charge in [0.15, 0.2) is 18.1 Å². The number of fused-ring (bicyclic) bond motifs is 1. The smallest absolute Gasteiger partial charge is 0.355 e. The van der Waals surface area contributed by atoms with Crippen LogP contribution in [-0.2, 0) is 16.1 Å². The Bertz CT molecular complexity index is 789. The molecule has 0 atom stereocenters. The van der Waals surface area contributed by atoms with Crippen LogP contribution in [0.2, 0.25) is 5.02 Å². The lowest BCUT2D eigenvalue weighted by Crippen LogP contribution is -2.31. The molecule has 1 amide bonds. The second-order valence-electron chi connectivity index (χ2n) is 5.54. The van der Waals surface area contributed by atoms with Gasteiger partial charge in [-0.2, -0.15) is 0 Å². The second kappa shape index (κ2) is 7.48. The number of H-pyrrole nitrogens is 1. The Labute approximate surface area is 149 Å². The summed E-state index contributed by atoms with van der Waals surface area (Å²) < 4.78 is 16.0. The van der Waals surface area contributed by atoms with E-state index < -0.39 is 5.97 Å². The molecule has 0 bridgehead atoms. The zero-order valence-electron chi connectivity index (χ0n) is 13.6. The van der Waals surface area contributed by atoms with Gasteiger partial charge in [-0.25, -0.2) is 4.79 Å². The van der Waals surface area contributed by atoms with Crippen LogP contribution in [0.5, 0.6) is 11.5 Å². The molecule has 1 aromatic carbocycles. The Morgan fingerprint density at radius 1 is 1.24 bits per heavy atom. The highest BCUT2D eigenvalue weighted by molar-refractivity contribution is 6.30. The number of rotatable bonds is 5. The van der Waals surface area contributed by atoms with Gasteiger partial charge in [-0.15, -0.1) is 0 Å². The molecule has 2 heterocycles. The van der Waals surface area contributed by atoms with Gasteiger partial charge in [-0.05, 0) is 23.8 Å². The molecule has 0 spiro atoms. The quantitative estimate of drug-likeness (QED) is 0.823. The fraction of sp³-hybridized carbons (Fsp3) is 0.294. The van der Waals surface area contributed by atoms with E-state index in [0.29, 0.717) is 36.3 Å². The third-order valence-electron chi connectivity index (χ3n) is 3.65. The van der Waals surface area contributed by atoms with Crippen LogP contribution in [-0.4, -0.2) is 48.6 Å². The van der Waals surface area contributed by atoms with Crippen LogP contribution >= 0.6 is 11.6 Å². The molecule has 1 N–H and O–H groups in total. The monoisotopic (exact) mass is 364 g/mol. The number of amides is 1. The summed E-state index contributed by atoms with van der Waals surface area (Å²) in [5, 5.41) is 0.397. The van der Waals surface area contributed by atoms with Crippen molar-refractivity contribution in [3.8, 4) is 11.5 Å². The number of esters is 1. The van der Waals surface area contributed by atoms with Crippen molar-refractivity contribution in [2.75, 3.05) is 26.9 Å². The number of nitrogens with zero attached hydrogens (tertiary/aromatic N) is 1. The van der Waals surface area contributed by atoms with Crippen LogP contribution in [0, 0.1) is 0 Å². The molecule has 0 unspecified atom stereocenters. The number of benzene rings is 1. The van der Waals surface area contributed by atoms with Crippen molar-refractivity contribution in [1.29, 1.82) is 0 Å². The maximum absolute atomic E-state index is 12.1. The van der Waals surface area contributed by atoms with E-state index in [1.54, 1.807) is 7.05 Å². The van der Waals surface area contributed by atoms with E-state index in [9.17, 15) is 9.59 Å². The first kappa shape index (κ1) is 17.2. The number of halogens is 1. The first-order valence-electron chi connectivity index (χ1n) is 7.66. The highest BCUT2D eigenvalue weighted by Gasteiger charge is 2.17. The van der Waals surface area contributed by atoms with Crippen molar-refractivity contribution in [3.05, 3.63) is 46.7 Å². The maximum atomic E-state index is 12.1. The van der Waals surface area contributed by atoms with Crippen molar-refractivity contribution < 1.29 is 23.8 Å². The minimum absolute atomic E-state index is 0.201. The molecular formula is C17H17ClN2O5. The van der Waals surface area contributed by atoms with Crippen LogP contribution in [0.4, 0.5) is 0 Å². The molecule has 0 fully saturated rings. The molecule has 25 heavy (non-hydrogen) atoms. The first-order chi connectivity index (χ1) is 12.0. The predicted molar refractivity (Wildman–Crippen MR) is 90.0 cm³/mol. The lowest BCUT2D eigenvalue weighted by Gasteiger charge is -2.21. The van der Waals surface area contributed by atoms with E-state index in [4.69, 9.17) is 25.8 Å². The SMILES string of the molecule is CN(Cc1ccc2c(c1)OCCO2)C(=O)COC(=O)c1cc(Cl)c[nH]1. The predicted octanol–water partition coefficient (Wildman–Crippen LogP) is 2.25. The summed E-state index contributed by atoms with van der Waals surface area (Å²) >= 11 is 5.73. The molecular weight excluding hydrogens is 348 g/mol. The minimum Gasteiger partial charge on any atom is -0.486 e. The number of likely N-dealkylation sites (N-methyl/N-ethyl adjacent to an activating group) is 1. The number of hydrogen-bond acceptors (Lipinski definition) is 5. The van der Waals surface area contributed by atoms with E-state index in [-0.39, 0.29) is 18.2 Å². The van der Waals surface area contributed by atoms with Gasteiger partial charge in [0.2, 0.25) is 0 Å². The zero-order chi connectivity index (χ0) is 17.8. The molecule has 0 saturated heterocycles. The van der Waals surface area contributed by atoms with Gasteiger partial charge in [0.1, 0.15) is 18.9 Å². The summed E-state index contributed by atoms with van der Waals surface area (Å²) in [6.45, 7) is 1.05. The summed E-state index contributed by atoms with van der Waals surface area (Å²) in [4.78, 5) is 28.1. The van der Waals surface area contributed by atoms with Gasteiger partial charge in [0.05, 0.1) is 5.02 Å². The number of aromatic amines is 1. The molecule has 0 saturated carbocycles. The number of carbonyl (C=O) groups excluding carboxylic acids is 2. The average Bonchev–Trinajstić information content (AvgIpc) is 3.05. The van der Waals surface area contributed by atoms with Gasteiger partial charge < -0.3 is 24.1 Å². The van der Waals surface area contributed by atoms with Crippen molar-refractivity contribution in [2.45, 2.75) is 6.54 Å². The van der Waals surface area contributed by atoms with Crippen LogP contribution in [0.3, 0.4) is 0 Å². The van der Waals surface area contributed by atoms with Crippen molar-refractivity contribution in [3.63, 3.8) is 0 Å². The zero-order valence-corrected chi connectivity index (χ0v) is 14.3. The standard InChI is InChI=1S/C17H17ClN2O5/c1-20(9-11-2-3-14-15(6-11)24-5-4-23-14)16(21)10-25-17(22)13-7-12(18)8-19-13/h2-3,6-8,19H,4-5,9-10H2,1H3. The van der Waals surface area contributed by atoms with Crippen LogP contribution < -0.4 is 9.47 Å². The van der Waals surface area contributed by atoms with Gasteiger partial charge >= 0.3 is 5.97 Å². The lowest BCUT2D eigenvalue weighted by atomic mass is 10.2. The maximum Gasteiger partial charge on any atom is 0.355 e. The van der Waals surface area contributed by atoms with Gasteiger partial charge in [0, 0.05) is 19.8 Å². The summed E-state index contributed by atoms with van der Waals surface area (Å²) in [7, 11) is 1.64. The molecule has 0 aliphatic carbocycles. The first-order valence-corrected chi connectivity index (χ1v) is 8.04. The topological polar surface area (TPSA) is 80.9 Å². The molecule has 132 valence electrons. The Kier molecular flexibility index (Phi) is 5.14. The number of nitrogens with one attached hydrogen (secondary N) is 1. The number of hydrogen-bond donors (Lipinski definition) is 1. The Morgan fingerprint density at radius 2 is 2.00 bits per heavy atom. The average molecular weight is 365 g/mol. The molecule has 3 rings (SSSR count).